The van der Waals surface area contributed by atoms with Crippen molar-refractivity contribution in [3.63, 3.8) is 0 Å². The number of carbonyl (C=O) groups is 2. The molecule has 1 aliphatic heterocycles. The van der Waals surface area contributed by atoms with Gasteiger partial charge in [-0.2, -0.15) is 0 Å². The third kappa shape index (κ3) is 4.42. The van der Waals surface area contributed by atoms with Crippen LogP contribution in [0.2, 0.25) is 0 Å². The van der Waals surface area contributed by atoms with Crippen molar-refractivity contribution in [3.05, 3.63) is 70.3 Å². The predicted molar refractivity (Wildman–Crippen MR) is 114 cm³/mol. The van der Waals surface area contributed by atoms with E-state index in [0.717, 1.165) is 11.3 Å². The van der Waals surface area contributed by atoms with Crippen LogP contribution in [0.5, 0.6) is 5.75 Å². The lowest BCUT2D eigenvalue weighted by atomic mass is 10.1. The molecule has 1 aromatic carbocycles. The van der Waals surface area contributed by atoms with Crippen molar-refractivity contribution in [1.82, 2.24) is 9.38 Å². The minimum Gasteiger partial charge on any atom is -0.494 e. The number of benzene rings is 1. The number of hydrogen-bond donors (Lipinski definition) is 0. The van der Waals surface area contributed by atoms with Gasteiger partial charge in [-0.15, -0.1) is 0 Å². The maximum Gasteiger partial charge on any atom is 0.311 e. The second-order valence-corrected chi connectivity index (χ2v) is 7.46. The minimum atomic E-state index is -0.566. The molecule has 1 fully saturated rings. The topological polar surface area (TPSA) is 90.2 Å². The molecule has 4 rings (SSSR count). The molecule has 0 saturated carbocycles. The number of amides is 1. The number of rotatable bonds is 6. The summed E-state index contributed by atoms with van der Waals surface area (Å²) in [5.74, 6) is -0.456. The fourth-order valence-electron chi connectivity index (χ4n) is 3.60. The van der Waals surface area contributed by atoms with Crippen LogP contribution in [-0.2, 0) is 20.9 Å². The fourth-order valence-corrected chi connectivity index (χ4v) is 3.60. The van der Waals surface area contributed by atoms with E-state index in [4.69, 9.17) is 9.47 Å². The molecule has 0 aliphatic carbocycles. The maximum absolute atomic E-state index is 12.5. The summed E-state index contributed by atoms with van der Waals surface area (Å²) in [5.41, 5.74) is 2.27. The van der Waals surface area contributed by atoms with Crippen LogP contribution in [0.1, 0.15) is 24.6 Å². The first-order valence-electron chi connectivity index (χ1n) is 10.1. The largest absolute Gasteiger partial charge is 0.494 e. The Morgan fingerprint density at radius 2 is 1.94 bits per heavy atom. The zero-order valence-corrected chi connectivity index (χ0v) is 17.4. The first kappa shape index (κ1) is 20.6. The molecule has 3 aromatic rings. The zero-order valence-electron chi connectivity index (χ0n) is 17.4. The number of aryl methyl sites for hydroxylation is 1. The van der Waals surface area contributed by atoms with E-state index in [1.165, 1.54) is 10.5 Å². The first-order chi connectivity index (χ1) is 14.9. The molecule has 1 atom stereocenters. The standard InChI is InChI=1S/C23H23N3O5/c1-3-30-19-7-5-18(6-8-19)25-13-16(10-21(25)27)23(29)31-14-17-11-22(28)26-12-15(2)4-9-20(26)24-17/h4-9,11-12,16H,3,10,13-14H2,1-2H3. The molecule has 1 unspecified atom stereocenters. The van der Waals surface area contributed by atoms with Crippen molar-refractivity contribution < 1.29 is 19.1 Å². The zero-order chi connectivity index (χ0) is 22.0. The van der Waals surface area contributed by atoms with Gasteiger partial charge in [-0.05, 0) is 49.7 Å². The summed E-state index contributed by atoms with van der Waals surface area (Å²) in [5, 5.41) is 0. The van der Waals surface area contributed by atoms with Crippen LogP contribution in [0, 0.1) is 12.8 Å². The molecule has 0 radical (unpaired) electrons. The Labute approximate surface area is 179 Å². The molecule has 8 heteroatoms. The van der Waals surface area contributed by atoms with Crippen LogP contribution in [-0.4, -0.2) is 34.4 Å². The van der Waals surface area contributed by atoms with Crippen molar-refractivity contribution in [2.45, 2.75) is 26.9 Å². The van der Waals surface area contributed by atoms with Gasteiger partial charge in [0.15, 0.2) is 0 Å². The Balaban J connectivity index is 1.40. The van der Waals surface area contributed by atoms with Gasteiger partial charge in [-0.25, -0.2) is 4.98 Å². The summed E-state index contributed by atoms with van der Waals surface area (Å²) in [6.07, 6.45) is 1.79. The smallest absolute Gasteiger partial charge is 0.311 e. The van der Waals surface area contributed by atoms with Crippen LogP contribution < -0.4 is 15.2 Å². The van der Waals surface area contributed by atoms with Crippen LogP contribution in [0.25, 0.3) is 5.65 Å². The second-order valence-electron chi connectivity index (χ2n) is 7.46. The maximum atomic E-state index is 12.5. The molecule has 2 aromatic heterocycles. The van der Waals surface area contributed by atoms with Gasteiger partial charge in [0.1, 0.15) is 18.0 Å². The molecule has 0 N–H and O–H groups in total. The van der Waals surface area contributed by atoms with E-state index in [2.05, 4.69) is 4.98 Å². The molecular formula is C23H23N3O5. The second kappa shape index (κ2) is 8.59. The van der Waals surface area contributed by atoms with Crippen LogP contribution in [0.3, 0.4) is 0 Å². The van der Waals surface area contributed by atoms with Gasteiger partial charge in [-0.1, -0.05) is 6.07 Å². The Bertz CT molecular complexity index is 1190. The molecule has 31 heavy (non-hydrogen) atoms. The number of hydrogen-bond acceptors (Lipinski definition) is 6. The SMILES string of the molecule is CCOc1ccc(N2CC(C(=O)OCc3cc(=O)n4cc(C)ccc4n3)CC2=O)cc1. The highest BCUT2D eigenvalue weighted by atomic mass is 16.5. The van der Waals surface area contributed by atoms with Gasteiger partial charge in [0.25, 0.3) is 5.56 Å². The van der Waals surface area contributed by atoms with Crippen molar-refractivity contribution in [2.75, 3.05) is 18.1 Å². The third-order valence-corrected chi connectivity index (χ3v) is 5.14. The number of nitrogens with zero attached hydrogens (tertiary/aromatic N) is 3. The van der Waals surface area contributed by atoms with Gasteiger partial charge < -0.3 is 14.4 Å². The van der Waals surface area contributed by atoms with Crippen molar-refractivity contribution in [3.8, 4) is 5.75 Å². The average molecular weight is 421 g/mol. The predicted octanol–water partition coefficient (Wildman–Crippen LogP) is 2.50. The van der Waals surface area contributed by atoms with Gasteiger partial charge in [0.2, 0.25) is 5.91 Å². The summed E-state index contributed by atoms with van der Waals surface area (Å²) >= 11 is 0. The van der Waals surface area contributed by atoms with Crippen molar-refractivity contribution >= 4 is 23.2 Å². The molecule has 8 nitrogen and oxygen atoms in total. The number of fused-ring (bicyclic) bond motifs is 1. The van der Waals surface area contributed by atoms with Gasteiger partial charge in [0, 0.05) is 30.9 Å². The van der Waals surface area contributed by atoms with E-state index in [9.17, 15) is 14.4 Å². The lowest BCUT2D eigenvalue weighted by Gasteiger charge is -2.17. The normalized spacial score (nSPS) is 16.0. The Morgan fingerprint density at radius 3 is 2.68 bits per heavy atom. The van der Waals surface area contributed by atoms with Gasteiger partial charge in [-0.3, -0.25) is 18.8 Å². The Hall–Kier alpha value is -3.68. The van der Waals surface area contributed by atoms with Crippen molar-refractivity contribution in [2.24, 2.45) is 5.92 Å². The number of anilines is 1. The fraction of sp³-hybridized carbons (Fsp3) is 0.304. The molecule has 3 heterocycles. The molecule has 1 saturated heterocycles. The molecule has 0 spiro atoms. The van der Waals surface area contributed by atoms with Crippen molar-refractivity contribution in [1.29, 1.82) is 0 Å². The Kier molecular flexibility index (Phi) is 5.70. The Morgan fingerprint density at radius 1 is 1.16 bits per heavy atom. The molecule has 0 bridgehead atoms. The van der Waals surface area contributed by atoms with E-state index >= 15 is 0 Å². The number of pyridine rings is 1. The highest BCUT2D eigenvalue weighted by Gasteiger charge is 2.36. The van der Waals surface area contributed by atoms with Gasteiger partial charge >= 0.3 is 5.97 Å². The van der Waals surface area contributed by atoms with E-state index in [1.54, 1.807) is 41.4 Å². The molecular weight excluding hydrogens is 398 g/mol. The summed E-state index contributed by atoms with van der Waals surface area (Å²) in [6, 6.07) is 12.1. The number of esters is 1. The van der Waals surface area contributed by atoms with E-state index in [1.807, 2.05) is 19.9 Å². The first-order valence-corrected chi connectivity index (χ1v) is 10.1. The molecule has 1 aliphatic rings. The number of carbonyl (C=O) groups excluding carboxylic acids is 2. The highest BCUT2D eigenvalue weighted by molar-refractivity contribution is 5.99. The summed E-state index contributed by atoms with van der Waals surface area (Å²) < 4.78 is 12.2. The number of aromatic nitrogens is 2. The lowest BCUT2D eigenvalue weighted by Crippen LogP contribution is -2.26. The molecule has 1 amide bonds. The number of ether oxygens (including phenoxy) is 2. The van der Waals surface area contributed by atoms with E-state index in [0.29, 0.717) is 23.6 Å². The quantitative estimate of drug-likeness (QED) is 0.568. The van der Waals surface area contributed by atoms with Gasteiger partial charge in [0.05, 0.1) is 18.2 Å². The van der Waals surface area contributed by atoms with Crippen LogP contribution in [0.15, 0.2) is 53.5 Å². The summed E-state index contributed by atoms with van der Waals surface area (Å²) in [7, 11) is 0. The third-order valence-electron chi connectivity index (χ3n) is 5.14. The summed E-state index contributed by atoms with van der Waals surface area (Å²) in [4.78, 5) is 43.2. The van der Waals surface area contributed by atoms with Crippen LogP contribution in [0.4, 0.5) is 5.69 Å². The monoisotopic (exact) mass is 421 g/mol. The lowest BCUT2D eigenvalue weighted by molar-refractivity contribution is -0.149. The molecule has 160 valence electrons. The van der Waals surface area contributed by atoms with Crippen LogP contribution >= 0.6 is 0 Å². The van der Waals surface area contributed by atoms with E-state index < -0.39 is 11.9 Å². The van der Waals surface area contributed by atoms with E-state index in [-0.39, 0.29) is 31.0 Å². The minimum absolute atomic E-state index is 0.0825. The highest BCUT2D eigenvalue weighted by Crippen LogP contribution is 2.27. The summed E-state index contributed by atoms with van der Waals surface area (Å²) in [6.45, 7) is 4.49. The average Bonchev–Trinajstić information content (AvgIpc) is 3.15.